The Labute approximate surface area is 221 Å². The van der Waals surface area contributed by atoms with Gasteiger partial charge in [0.1, 0.15) is 23.3 Å². The summed E-state index contributed by atoms with van der Waals surface area (Å²) in [7, 11) is 1.61. The van der Waals surface area contributed by atoms with Crippen LogP contribution in [0.15, 0.2) is 78.9 Å². The second kappa shape index (κ2) is 9.97. The third kappa shape index (κ3) is 4.42. The van der Waals surface area contributed by atoms with Crippen LogP contribution in [0.3, 0.4) is 0 Å². The minimum absolute atomic E-state index is 0.175. The van der Waals surface area contributed by atoms with Crippen molar-refractivity contribution < 1.29 is 23.9 Å². The van der Waals surface area contributed by atoms with Crippen molar-refractivity contribution >= 4 is 23.4 Å². The molecule has 1 N–H and O–H groups in total. The summed E-state index contributed by atoms with van der Waals surface area (Å²) in [6, 6.07) is 22.9. The smallest absolute Gasteiger partial charge is 0.248 e. The van der Waals surface area contributed by atoms with Crippen molar-refractivity contribution in [1.82, 2.24) is 4.90 Å². The maximum Gasteiger partial charge on any atom is 0.248 e. The summed E-state index contributed by atoms with van der Waals surface area (Å²) < 4.78 is 11.0. The second-order valence-corrected chi connectivity index (χ2v) is 10.4. The quantitative estimate of drug-likeness (QED) is 0.428. The molecule has 0 aromatic heterocycles. The van der Waals surface area contributed by atoms with Crippen molar-refractivity contribution in [2.24, 2.45) is 23.7 Å². The zero-order valence-corrected chi connectivity index (χ0v) is 21.2. The topological polar surface area (TPSA) is 84.9 Å². The van der Waals surface area contributed by atoms with Gasteiger partial charge in [0.2, 0.25) is 17.7 Å². The Kier molecular flexibility index (Phi) is 6.35. The number of hydrogen-bond acceptors (Lipinski definition) is 5. The number of carbonyl (C=O) groups is 3. The molecular weight excluding hydrogens is 480 g/mol. The van der Waals surface area contributed by atoms with Crippen molar-refractivity contribution in [3.8, 4) is 17.2 Å². The van der Waals surface area contributed by atoms with Gasteiger partial charge in [-0.25, -0.2) is 0 Å². The highest BCUT2D eigenvalue weighted by Gasteiger charge is 2.62. The van der Waals surface area contributed by atoms with Crippen molar-refractivity contribution in [1.29, 1.82) is 0 Å². The molecule has 1 saturated heterocycles. The Morgan fingerprint density at radius 2 is 1.39 bits per heavy atom. The van der Waals surface area contributed by atoms with Gasteiger partial charge in [-0.3, -0.25) is 19.3 Å². The molecule has 2 saturated carbocycles. The molecule has 194 valence electrons. The first kappa shape index (κ1) is 24.2. The van der Waals surface area contributed by atoms with Crippen LogP contribution in [0.5, 0.6) is 17.2 Å². The summed E-state index contributed by atoms with van der Waals surface area (Å²) in [5, 5.41) is 2.93. The Balaban J connectivity index is 1.20. The van der Waals surface area contributed by atoms with Crippen molar-refractivity contribution in [3.63, 3.8) is 0 Å². The van der Waals surface area contributed by atoms with Crippen LogP contribution in [0.1, 0.15) is 24.8 Å². The van der Waals surface area contributed by atoms with Gasteiger partial charge in [-0.05, 0) is 85.2 Å². The fourth-order valence-corrected chi connectivity index (χ4v) is 6.49. The van der Waals surface area contributed by atoms with Crippen LogP contribution >= 0.6 is 0 Å². The van der Waals surface area contributed by atoms with E-state index < -0.39 is 6.04 Å². The number of rotatable bonds is 8. The van der Waals surface area contributed by atoms with E-state index in [1.165, 1.54) is 4.90 Å². The molecule has 3 aliphatic rings. The first-order chi connectivity index (χ1) is 18.5. The van der Waals surface area contributed by atoms with Crippen LogP contribution in [0.4, 0.5) is 5.69 Å². The van der Waals surface area contributed by atoms with Crippen LogP contribution in [0, 0.1) is 23.7 Å². The number of nitrogens with zero attached hydrogens (tertiary/aromatic N) is 1. The van der Waals surface area contributed by atoms with E-state index in [9.17, 15) is 14.4 Å². The molecular formula is C31H30N2O5. The first-order valence-electron chi connectivity index (χ1n) is 13.2. The van der Waals surface area contributed by atoms with Gasteiger partial charge in [0.15, 0.2) is 0 Å². The lowest BCUT2D eigenvalue weighted by atomic mass is 9.81. The van der Waals surface area contributed by atoms with Gasteiger partial charge in [0.05, 0.1) is 18.9 Å². The Morgan fingerprint density at radius 3 is 1.97 bits per heavy atom. The molecule has 0 radical (unpaired) electrons. The average Bonchev–Trinajstić information content (AvgIpc) is 3.63. The molecule has 3 aromatic carbocycles. The molecule has 38 heavy (non-hydrogen) atoms. The summed E-state index contributed by atoms with van der Waals surface area (Å²) in [6.45, 7) is 0. The second-order valence-electron chi connectivity index (χ2n) is 10.4. The number of likely N-dealkylation sites (tertiary alicyclic amines) is 1. The molecule has 1 aliphatic heterocycles. The van der Waals surface area contributed by atoms with E-state index in [-0.39, 0.29) is 47.8 Å². The zero-order valence-electron chi connectivity index (χ0n) is 21.2. The van der Waals surface area contributed by atoms with Gasteiger partial charge in [-0.15, -0.1) is 0 Å². The van der Waals surface area contributed by atoms with Gasteiger partial charge >= 0.3 is 0 Å². The van der Waals surface area contributed by atoms with Gasteiger partial charge < -0.3 is 14.8 Å². The van der Waals surface area contributed by atoms with E-state index >= 15 is 0 Å². The van der Waals surface area contributed by atoms with E-state index in [1.54, 1.807) is 31.4 Å². The molecule has 7 nitrogen and oxygen atoms in total. The number of nitrogens with one attached hydrogen (secondary N) is 1. The Hall–Kier alpha value is -4.13. The molecule has 3 aromatic rings. The lowest BCUT2D eigenvalue weighted by molar-refractivity contribution is -0.147. The standard InChI is InChI=1S/C31H30N2O5/c1-37-23-13-15-25(16-14-23)38-24-11-9-22(10-12-24)32-29(34)26(17-19-5-3-2-4-6-19)33-30(35)27-20-7-8-21(18-20)28(27)31(33)36/h2-6,9-16,20-21,26-28H,7-8,17-18H2,1H3,(H,32,34)/t20-,21-,26-,27+,28+/m0/s1. The molecule has 3 fully saturated rings. The number of amides is 3. The highest BCUT2D eigenvalue weighted by Crippen LogP contribution is 2.56. The molecule has 0 spiro atoms. The average molecular weight is 511 g/mol. The molecule has 6 rings (SSSR count). The molecule has 3 amide bonds. The highest BCUT2D eigenvalue weighted by molar-refractivity contribution is 6.10. The van der Waals surface area contributed by atoms with Gasteiger partial charge in [-0.2, -0.15) is 0 Å². The summed E-state index contributed by atoms with van der Waals surface area (Å²) in [4.78, 5) is 42.0. The molecule has 5 atom stereocenters. The third-order valence-electron chi connectivity index (χ3n) is 8.26. The maximum absolute atomic E-state index is 13.6. The van der Waals surface area contributed by atoms with E-state index in [4.69, 9.17) is 9.47 Å². The molecule has 7 heteroatoms. The van der Waals surface area contributed by atoms with Crippen LogP contribution in [-0.4, -0.2) is 35.8 Å². The van der Waals surface area contributed by atoms with E-state index in [1.807, 2.05) is 54.6 Å². The van der Waals surface area contributed by atoms with Crippen molar-refractivity contribution in [2.75, 3.05) is 12.4 Å². The molecule has 2 bridgehead atoms. The van der Waals surface area contributed by atoms with E-state index in [0.29, 0.717) is 17.2 Å². The predicted molar refractivity (Wildman–Crippen MR) is 142 cm³/mol. The lowest BCUT2D eigenvalue weighted by Gasteiger charge is -2.27. The van der Waals surface area contributed by atoms with Crippen molar-refractivity contribution in [2.45, 2.75) is 31.7 Å². The van der Waals surface area contributed by atoms with Gasteiger partial charge in [-0.1, -0.05) is 30.3 Å². The number of benzene rings is 3. The normalized spacial score (nSPS) is 24.3. The summed E-state index contributed by atoms with van der Waals surface area (Å²) in [6.07, 6.45) is 3.23. The number of imide groups is 1. The number of anilines is 1. The van der Waals surface area contributed by atoms with Crippen molar-refractivity contribution in [3.05, 3.63) is 84.4 Å². The largest absolute Gasteiger partial charge is 0.497 e. The van der Waals surface area contributed by atoms with Crippen LogP contribution in [-0.2, 0) is 20.8 Å². The molecule has 2 aliphatic carbocycles. The van der Waals surface area contributed by atoms with Crippen LogP contribution in [0.2, 0.25) is 0 Å². The number of ether oxygens (including phenoxy) is 2. The number of carbonyl (C=O) groups excluding carboxylic acids is 3. The molecule has 1 heterocycles. The SMILES string of the molecule is COc1ccc(Oc2ccc(NC(=O)[C@H](Cc3ccccc3)N3C(=O)[C@@H]4[C@H]5CC[C@@H](C5)[C@H]4C3=O)cc2)cc1. The molecule has 0 unspecified atom stereocenters. The third-order valence-corrected chi connectivity index (χ3v) is 8.26. The number of hydrogen-bond donors (Lipinski definition) is 1. The van der Waals surface area contributed by atoms with E-state index in [2.05, 4.69) is 5.32 Å². The zero-order chi connectivity index (χ0) is 26.2. The minimum atomic E-state index is -0.905. The monoisotopic (exact) mass is 510 g/mol. The summed E-state index contributed by atoms with van der Waals surface area (Å²) >= 11 is 0. The number of methoxy groups -OCH3 is 1. The summed E-state index contributed by atoms with van der Waals surface area (Å²) in [5.74, 6) is 1.31. The predicted octanol–water partition coefficient (Wildman–Crippen LogP) is 5.07. The van der Waals surface area contributed by atoms with Gasteiger partial charge in [0.25, 0.3) is 0 Å². The van der Waals surface area contributed by atoms with E-state index in [0.717, 1.165) is 30.6 Å². The number of fused-ring (bicyclic) bond motifs is 5. The fourth-order valence-electron chi connectivity index (χ4n) is 6.49. The maximum atomic E-state index is 13.6. The Bertz CT molecular complexity index is 1310. The Morgan fingerprint density at radius 1 is 0.842 bits per heavy atom. The first-order valence-corrected chi connectivity index (χ1v) is 13.2. The highest BCUT2D eigenvalue weighted by atomic mass is 16.5. The van der Waals surface area contributed by atoms with Gasteiger partial charge in [0, 0.05) is 12.1 Å². The van der Waals surface area contributed by atoms with Crippen LogP contribution < -0.4 is 14.8 Å². The van der Waals surface area contributed by atoms with Crippen LogP contribution in [0.25, 0.3) is 0 Å². The lowest BCUT2D eigenvalue weighted by Crippen LogP contribution is -2.49. The minimum Gasteiger partial charge on any atom is -0.497 e. The fraction of sp³-hybridized carbons (Fsp3) is 0.323. The summed E-state index contributed by atoms with van der Waals surface area (Å²) in [5.41, 5.74) is 1.46.